The predicted octanol–water partition coefficient (Wildman–Crippen LogP) is 5.97. The number of sulfonamides is 1. The average molecular weight is 533 g/mol. The van der Waals surface area contributed by atoms with Crippen molar-refractivity contribution < 1.29 is 17.2 Å². The third-order valence-electron chi connectivity index (χ3n) is 5.88. The zero-order valence-electron chi connectivity index (χ0n) is 17.8. The fourth-order valence-electron chi connectivity index (χ4n) is 4.43. The van der Waals surface area contributed by atoms with Gasteiger partial charge in [-0.05, 0) is 53.6 Å². The summed E-state index contributed by atoms with van der Waals surface area (Å²) < 4.78 is 59.5. The maximum absolute atomic E-state index is 14.8. The molecule has 0 saturated carbocycles. The van der Waals surface area contributed by atoms with Crippen molar-refractivity contribution in [3.05, 3.63) is 128 Å². The van der Waals surface area contributed by atoms with Crippen molar-refractivity contribution >= 4 is 39.0 Å². The van der Waals surface area contributed by atoms with Gasteiger partial charge in [0.25, 0.3) is 15.6 Å². The molecule has 4 aromatic rings. The predicted molar refractivity (Wildman–Crippen MR) is 131 cm³/mol. The molecule has 0 aliphatic carbocycles. The van der Waals surface area contributed by atoms with Crippen molar-refractivity contribution in [2.45, 2.75) is 17.0 Å². The normalized spacial score (nSPS) is 17.4. The molecule has 0 unspecified atom stereocenters. The van der Waals surface area contributed by atoms with Crippen LogP contribution in [-0.4, -0.2) is 13.0 Å². The molecule has 3 aromatic carbocycles. The topological polar surface area (TPSA) is 59.4 Å². The van der Waals surface area contributed by atoms with Gasteiger partial charge in [-0.15, -0.1) is 0 Å². The van der Waals surface area contributed by atoms with Gasteiger partial charge in [-0.3, -0.25) is 9.36 Å². The van der Waals surface area contributed by atoms with E-state index in [-0.39, 0.29) is 5.82 Å². The number of benzene rings is 3. The number of halogens is 4. The maximum Gasteiger partial charge on any atom is 0.271 e. The Morgan fingerprint density at radius 2 is 1.17 bits per heavy atom. The van der Waals surface area contributed by atoms with Gasteiger partial charge in [0.05, 0.1) is 12.1 Å². The second kappa shape index (κ2) is 8.78. The number of pyridine rings is 1. The lowest BCUT2D eigenvalue weighted by Gasteiger charge is -2.29. The molecule has 10 heteroatoms. The van der Waals surface area contributed by atoms with Crippen LogP contribution >= 0.6 is 23.2 Å². The van der Waals surface area contributed by atoms with Crippen molar-refractivity contribution in [1.82, 2.24) is 4.57 Å². The number of nitrogens with zero attached hydrogens (tertiary/aromatic N) is 2. The van der Waals surface area contributed by atoms with Crippen LogP contribution in [-0.2, 0) is 10.0 Å². The van der Waals surface area contributed by atoms with Gasteiger partial charge in [-0.2, -0.15) is 0 Å². The van der Waals surface area contributed by atoms with E-state index in [0.717, 1.165) is 22.5 Å². The fourth-order valence-corrected chi connectivity index (χ4v) is 6.44. The van der Waals surface area contributed by atoms with Crippen molar-refractivity contribution in [3.63, 3.8) is 0 Å². The molecule has 0 bridgehead atoms. The Morgan fingerprint density at radius 1 is 0.686 bits per heavy atom. The molecule has 0 N–H and O–H groups in total. The van der Waals surface area contributed by atoms with Crippen LogP contribution < -0.4 is 9.86 Å². The second-order valence-corrected chi connectivity index (χ2v) is 10.6. The molecule has 1 aliphatic rings. The summed E-state index contributed by atoms with van der Waals surface area (Å²) >= 11 is 12.1. The number of aromatic nitrogens is 1. The molecule has 5 nitrogen and oxygen atoms in total. The van der Waals surface area contributed by atoms with Crippen LogP contribution in [0.2, 0.25) is 10.0 Å². The molecule has 2 atom stereocenters. The highest BCUT2D eigenvalue weighted by Gasteiger charge is 2.48. The highest BCUT2D eigenvalue weighted by Crippen LogP contribution is 2.49. The Balaban J connectivity index is 1.85. The van der Waals surface area contributed by atoms with Crippen molar-refractivity contribution in [3.8, 4) is 0 Å². The molecule has 1 aliphatic heterocycles. The second-order valence-electron chi connectivity index (χ2n) is 7.94. The summed E-state index contributed by atoms with van der Waals surface area (Å²) in [5.74, 6) is -2.50. The first kappa shape index (κ1) is 23.5. The van der Waals surface area contributed by atoms with Gasteiger partial charge in [0, 0.05) is 16.1 Å². The minimum Gasteiger partial charge on any atom is -0.284 e. The van der Waals surface area contributed by atoms with Crippen molar-refractivity contribution in [1.29, 1.82) is 0 Å². The van der Waals surface area contributed by atoms with Gasteiger partial charge >= 0.3 is 0 Å². The van der Waals surface area contributed by atoms with Crippen LogP contribution in [0.1, 0.15) is 23.2 Å². The molecule has 178 valence electrons. The fraction of sp³-hybridized carbons (Fsp3) is 0.0800. The quantitative estimate of drug-likeness (QED) is 0.325. The highest BCUT2D eigenvalue weighted by atomic mass is 35.5. The molecule has 0 radical (unpaired) electrons. The number of hydrogen-bond donors (Lipinski definition) is 0. The Bertz CT molecular complexity index is 1570. The van der Waals surface area contributed by atoms with E-state index >= 15 is 0 Å². The Morgan fingerprint density at radius 3 is 1.71 bits per heavy atom. The Kier molecular flexibility index (Phi) is 5.91. The summed E-state index contributed by atoms with van der Waals surface area (Å²) in [6.45, 7) is 0. The van der Waals surface area contributed by atoms with Crippen LogP contribution in [0, 0.1) is 11.6 Å². The van der Waals surface area contributed by atoms with Crippen LogP contribution in [0.25, 0.3) is 0 Å². The molecule has 1 aromatic heterocycles. The molecular formula is C25H16Cl2F2N2O3S. The van der Waals surface area contributed by atoms with Gasteiger partial charge in [-0.1, -0.05) is 59.6 Å². The van der Waals surface area contributed by atoms with Gasteiger partial charge in [0.1, 0.15) is 17.5 Å². The van der Waals surface area contributed by atoms with Gasteiger partial charge in [0.2, 0.25) is 0 Å². The first-order chi connectivity index (χ1) is 16.7. The zero-order valence-corrected chi connectivity index (χ0v) is 20.1. The van der Waals surface area contributed by atoms with Gasteiger partial charge in [0.15, 0.2) is 4.90 Å². The third-order valence-corrected chi connectivity index (χ3v) is 8.22. The summed E-state index contributed by atoms with van der Waals surface area (Å²) in [6.07, 6.45) is 0. The molecule has 0 amide bonds. The lowest BCUT2D eigenvalue weighted by molar-refractivity contribution is 0.506. The first-order valence-electron chi connectivity index (χ1n) is 10.4. The molecule has 35 heavy (non-hydrogen) atoms. The molecule has 0 saturated heterocycles. The smallest absolute Gasteiger partial charge is 0.271 e. The third kappa shape index (κ3) is 3.91. The van der Waals surface area contributed by atoms with E-state index in [0.29, 0.717) is 21.2 Å². The number of fused-ring (bicyclic) bond motifs is 1. The number of hydrogen-bond acceptors (Lipinski definition) is 3. The van der Waals surface area contributed by atoms with Gasteiger partial charge < -0.3 is 0 Å². The summed E-state index contributed by atoms with van der Waals surface area (Å²) in [4.78, 5) is 12.0. The minimum atomic E-state index is -4.82. The first-order valence-corrected chi connectivity index (χ1v) is 12.6. The summed E-state index contributed by atoms with van der Waals surface area (Å²) in [5.41, 5.74) is 0.571. The van der Waals surface area contributed by atoms with Crippen LogP contribution in [0.3, 0.4) is 0 Å². The molecule has 2 heterocycles. The SMILES string of the molecule is O=c1cccc2n1[C@H](c1ccc(Cl)cc1)[C@H](c1ccc(Cl)cc1)N2S(=O)(=O)c1c(F)cccc1F. The monoisotopic (exact) mass is 532 g/mol. The van der Waals surface area contributed by atoms with Crippen LogP contribution in [0.4, 0.5) is 14.6 Å². The van der Waals surface area contributed by atoms with E-state index in [1.165, 1.54) is 22.8 Å². The van der Waals surface area contributed by atoms with E-state index in [2.05, 4.69) is 0 Å². The van der Waals surface area contributed by atoms with Gasteiger partial charge in [-0.25, -0.2) is 21.5 Å². The highest BCUT2D eigenvalue weighted by molar-refractivity contribution is 7.92. The minimum absolute atomic E-state index is 0.0277. The maximum atomic E-state index is 14.8. The van der Waals surface area contributed by atoms with Crippen LogP contribution in [0.15, 0.2) is 94.6 Å². The zero-order chi connectivity index (χ0) is 24.9. The van der Waals surface area contributed by atoms with Crippen molar-refractivity contribution in [2.24, 2.45) is 0 Å². The molecule has 5 rings (SSSR count). The number of rotatable bonds is 4. The standard InChI is InChI=1S/C25H16Cl2F2N2O3S/c26-17-11-7-15(8-12-17)23-24(16-9-13-18(27)14-10-16)31(21-5-2-6-22(32)30(21)23)35(33,34)25-19(28)3-1-4-20(25)29/h1-14,23-24H/t23-,24+/m1/s1. The lowest BCUT2D eigenvalue weighted by atomic mass is 9.94. The Labute approximate surface area is 209 Å². The average Bonchev–Trinajstić information content (AvgIpc) is 3.17. The summed E-state index contributed by atoms with van der Waals surface area (Å²) in [6, 6.07) is 18.0. The summed E-state index contributed by atoms with van der Waals surface area (Å²) in [7, 11) is -4.82. The van der Waals surface area contributed by atoms with E-state index in [9.17, 15) is 22.0 Å². The lowest BCUT2D eigenvalue weighted by Crippen LogP contribution is -2.34. The van der Waals surface area contributed by atoms with Crippen molar-refractivity contribution in [2.75, 3.05) is 4.31 Å². The largest absolute Gasteiger partial charge is 0.284 e. The molecular weight excluding hydrogens is 517 g/mol. The Hall–Kier alpha value is -3.20. The molecule has 0 fully saturated rings. The van der Waals surface area contributed by atoms with E-state index < -0.39 is 44.2 Å². The summed E-state index contributed by atoms with van der Waals surface area (Å²) in [5, 5.41) is 0.868. The molecule has 0 spiro atoms. The number of anilines is 1. The van der Waals surface area contributed by atoms with E-state index in [1.807, 2.05) is 0 Å². The van der Waals surface area contributed by atoms with Crippen LogP contribution in [0.5, 0.6) is 0 Å². The van der Waals surface area contributed by atoms with E-state index in [4.69, 9.17) is 23.2 Å². The van der Waals surface area contributed by atoms with E-state index in [1.54, 1.807) is 48.5 Å².